The fourth-order valence-corrected chi connectivity index (χ4v) is 1.90. The molecule has 0 aromatic carbocycles. The minimum absolute atomic E-state index is 0. The summed E-state index contributed by atoms with van der Waals surface area (Å²) in [6.07, 6.45) is -2.52. The largest absolute Gasteiger partial charge is 1.00 e. The summed E-state index contributed by atoms with van der Waals surface area (Å²) >= 11 is 0. The van der Waals surface area contributed by atoms with Crippen LogP contribution in [0.5, 0.6) is 0 Å². The molecular weight excluding hydrogens is 281 g/mol. The van der Waals surface area contributed by atoms with E-state index in [0.29, 0.717) is 0 Å². The fraction of sp³-hybridized carbons (Fsp3) is 0.600. The van der Waals surface area contributed by atoms with Crippen LogP contribution in [-0.4, -0.2) is 55.9 Å². The summed E-state index contributed by atoms with van der Waals surface area (Å²) in [5.41, 5.74) is 4.79. The molecule has 0 radical (unpaired) electrons. The van der Waals surface area contributed by atoms with Crippen LogP contribution >= 0.6 is 0 Å². The van der Waals surface area contributed by atoms with Gasteiger partial charge < -0.3 is 27.2 Å². The Morgan fingerprint density at radius 2 is 2.05 bits per heavy atom. The van der Waals surface area contributed by atoms with Gasteiger partial charge in [0.25, 0.3) is 0 Å². The zero-order chi connectivity index (χ0) is 13.3. The van der Waals surface area contributed by atoms with Gasteiger partial charge in [-0.2, -0.15) is 4.98 Å². The van der Waals surface area contributed by atoms with Gasteiger partial charge in [-0.1, -0.05) is 0 Å². The van der Waals surface area contributed by atoms with Crippen LogP contribution in [0.25, 0.3) is 0 Å². The van der Waals surface area contributed by atoms with Crippen LogP contribution in [0.2, 0.25) is 0 Å². The van der Waals surface area contributed by atoms with Gasteiger partial charge >= 0.3 is 57.1 Å². The Morgan fingerprint density at radius 3 is 2.58 bits per heavy atom. The second-order valence-corrected chi connectivity index (χ2v) is 4.16. The van der Waals surface area contributed by atoms with Gasteiger partial charge in [0.2, 0.25) is 0 Å². The van der Waals surface area contributed by atoms with Crippen LogP contribution in [-0.2, 0) is 11.3 Å². The predicted molar refractivity (Wildman–Crippen MR) is 61.8 cm³/mol. The van der Waals surface area contributed by atoms with E-state index in [4.69, 9.17) is 15.6 Å². The van der Waals surface area contributed by atoms with Gasteiger partial charge in [-0.15, -0.1) is 0 Å². The van der Waals surface area contributed by atoms with Gasteiger partial charge in [-0.05, 0) is 6.07 Å². The summed E-state index contributed by atoms with van der Waals surface area (Å²) in [4.78, 5) is 15.0. The quantitative estimate of drug-likeness (QED) is 0.409. The summed E-state index contributed by atoms with van der Waals surface area (Å²) in [6.45, 7) is -0.371. The van der Waals surface area contributed by atoms with Gasteiger partial charge in [-0.3, -0.25) is 4.57 Å². The van der Waals surface area contributed by atoms with Crippen molar-refractivity contribution in [3.63, 3.8) is 0 Å². The molecule has 2 rings (SSSR count). The Bertz CT molecular complexity index is 488. The third-order valence-corrected chi connectivity index (χ3v) is 2.91. The van der Waals surface area contributed by atoms with Crippen LogP contribution in [0.4, 0.5) is 5.82 Å². The number of rotatable bonds is 3. The van der Waals surface area contributed by atoms with Crippen molar-refractivity contribution in [3.8, 4) is 0 Å². The first-order valence-corrected chi connectivity index (χ1v) is 5.48. The van der Waals surface area contributed by atoms with Crippen molar-refractivity contribution in [2.75, 3.05) is 12.3 Å². The number of aromatic nitrogens is 2. The molecule has 102 valence electrons. The van der Waals surface area contributed by atoms with E-state index in [1.54, 1.807) is 0 Å². The minimum atomic E-state index is -1.17. The summed E-state index contributed by atoms with van der Waals surface area (Å²) < 4.78 is 6.47. The van der Waals surface area contributed by atoms with Crippen LogP contribution in [0, 0.1) is 0 Å². The first kappa shape index (κ1) is 17.2. The van der Waals surface area contributed by atoms with E-state index in [1.807, 2.05) is 0 Å². The summed E-state index contributed by atoms with van der Waals surface area (Å²) in [5, 5.41) is 28.2. The Balaban J connectivity index is 0.00000180. The van der Waals surface area contributed by atoms with Crippen molar-refractivity contribution in [3.05, 3.63) is 22.7 Å². The maximum Gasteiger partial charge on any atom is 1.00 e. The van der Waals surface area contributed by atoms with Crippen LogP contribution in [0.1, 0.15) is 1.43 Å². The molecule has 0 aliphatic carbocycles. The number of hydrogen-bond acceptors (Lipinski definition) is 7. The minimum Gasteiger partial charge on any atom is -1.00 e. The molecule has 1 aliphatic rings. The smallest absolute Gasteiger partial charge is 1.00 e. The maximum absolute atomic E-state index is 11.5. The molecule has 0 bridgehead atoms. The SMILES string of the molecule is Nc1ccn(C[C@@H]2O[C@H](CO)[C@@H](O)[C@H]2O)c(=O)n1.[H-].[K+]. The number of anilines is 1. The summed E-state index contributed by atoms with van der Waals surface area (Å²) in [7, 11) is 0. The number of aliphatic hydroxyl groups excluding tert-OH is 3. The molecule has 1 aliphatic heterocycles. The molecule has 0 saturated carbocycles. The van der Waals surface area contributed by atoms with Crippen molar-refractivity contribution in [2.24, 2.45) is 0 Å². The monoisotopic (exact) mass is 297 g/mol. The Morgan fingerprint density at radius 1 is 1.42 bits per heavy atom. The van der Waals surface area contributed by atoms with E-state index in [0.717, 1.165) is 0 Å². The van der Waals surface area contributed by atoms with Crippen molar-refractivity contribution >= 4 is 5.82 Å². The third-order valence-electron chi connectivity index (χ3n) is 2.91. The topological polar surface area (TPSA) is 131 Å². The van der Waals surface area contributed by atoms with Crippen LogP contribution in [0.3, 0.4) is 0 Å². The zero-order valence-electron chi connectivity index (χ0n) is 11.5. The average molecular weight is 297 g/mol. The second-order valence-electron chi connectivity index (χ2n) is 4.16. The van der Waals surface area contributed by atoms with Crippen molar-refractivity contribution in [1.29, 1.82) is 0 Å². The molecule has 9 heteroatoms. The Kier molecular flexibility index (Phi) is 6.56. The molecule has 19 heavy (non-hydrogen) atoms. The molecule has 1 aromatic heterocycles. The molecule has 4 atom stereocenters. The van der Waals surface area contributed by atoms with E-state index in [9.17, 15) is 15.0 Å². The van der Waals surface area contributed by atoms with Gasteiger partial charge in [0.1, 0.15) is 30.2 Å². The molecule has 5 N–H and O–H groups in total. The Labute approximate surface area is 153 Å². The van der Waals surface area contributed by atoms with Gasteiger partial charge in [0.15, 0.2) is 0 Å². The number of nitrogens with zero attached hydrogens (tertiary/aromatic N) is 2. The van der Waals surface area contributed by atoms with Crippen LogP contribution < -0.4 is 62.8 Å². The molecule has 1 saturated heterocycles. The summed E-state index contributed by atoms with van der Waals surface area (Å²) in [5.74, 6) is 0.109. The normalized spacial score (nSPS) is 30.1. The molecule has 8 nitrogen and oxygen atoms in total. The van der Waals surface area contributed by atoms with Crippen molar-refractivity contribution in [2.45, 2.75) is 31.0 Å². The van der Waals surface area contributed by atoms with E-state index < -0.39 is 36.7 Å². The van der Waals surface area contributed by atoms with Crippen LogP contribution in [0.15, 0.2) is 17.1 Å². The Hall–Kier alpha value is 0.156. The molecule has 0 spiro atoms. The van der Waals surface area contributed by atoms with Gasteiger partial charge in [-0.25, -0.2) is 4.79 Å². The predicted octanol–water partition coefficient (Wildman–Crippen LogP) is -5.58. The summed E-state index contributed by atoms with van der Waals surface area (Å²) in [6, 6.07) is 1.45. The fourth-order valence-electron chi connectivity index (χ4n) is 1.90. The molecule has 0 unspecified atom stereocenters. The number of hydrogen-bond donors (Lipinski definition) is 4. The standard InChI is InChI=1S/C10H15N3O5.K.H/c11-7-1-2-13(10(17)12-7)3-5-8(15)9(16)6(4-14)18-5;;/h1-2,5-6,8-9,14-16H,3-4H2,(H2,11,12,17);;/q;+1;-1/t5-,6+,8-,9+;;/m0../s1. The van der Waals surface area contributed by atoms with Crippen molar-refractivity contribution in [1.82, 2.24) is 9.55 Å². The third kappa shape index (κ3) is 3.83. The number of nitrogen functional groups attached to an aromatic ring is 1. The van der Waals surface area contributed by atoms with E-state index >= 15 is 0 Å². The van der Waals surface area contributed by atoms with E-state index in [-0.39, 0.29) is 65.2 Å². The average Bonchev–Trinajstić information content (AvgIpc) is 2.60. The first-order chi connectivity index (χ1) is 8.52. The molecular formula is C10H16KN3O5. The number of aliphatic hydroxyl groups is 3. The molecule has 1 aromatic rings. The van der Waals surface area contributed by atoms with Gasteiger partial charge in [0.05, 0.1) is 13.2 Å². The van der Waals surface area contributed by atoms with E-state index in [1.165, 1.54) is 16.8 Å². The first-order valence-electron chi connectivity index (χ1n) is 5.48. The molecule has 2 heterocycles. The van der Waals surface area contributed by atoms with E-state index in [2.05, 4.69) is 4.98 Å². The van der Waals surface area contributed by atoms with Crippen molar-refractivity contribution < 1.29 is 72.9 Å². The zero-order valence-corrected chi connectivity index (χ0v) is 13.6. The van der Waals surface area contributed by atoms with Gasteiger partial charge in [0, 0.05) is 6.20 Å². The molecule has 1 fully saturated rings. The second kappa shape index (κ2) is 7.25. The number of nitrogens with two attached hydrogens (primary N) is 1. The molecule has 0 amide bonds. The number of ether oxygens (including phenoxy) is 1. The maximum atomic E-state index is 11.5.